The summed E-state index contributed by atoms with van der Waals surface area (Å²) in [4.78, 5) is 21.9. The molecule has 162 valence electrons. The molecule has 31 heavy (non-hydrogen) atoms. The van der Waals surface area contributed by atoms with Crippen LogP contribution in [0.1, 0.15) is 16.9 Å². The molecule has 0 aliphatic rings. The van der Waals surface area contributed by atoms with Gasteiger partial charge in [0.1, 0.15) is 0 Å². The zero-order chi connectivity index (χ0) is 21.1. The highest BCUT2D eigenvalue weighted by Gasteiger charge is 2.24. The second kappa shape index (κ2) is 10.4. The van der Waals surface area contributed by atoms with Crippen molar-refractivity contribution in [3.05, 3.63) is 64.8 Å². The summed E-state index contributed by atoms with van der Waals surface area (Å²) in [5.41, 5.74) is 2.03. The predicted octanol–water partition coefficient (Wildman–Crippen LogP) is 5.73. The van der Waals surface area contributed by atoms with E-state index in [9.17, 15) is 4.79 Å². The normalized spacial score (nSPS) is 11.0. The fraction of sp³-hybridized carbons (Fsp3) is 0.227. The number of carbonyl (C=O) groups excluding carboxylic acids is 1. The number of benzene rings is 2. The number of rotatable bonds is 7. The molecule has 0 bridgehead atoms. The van der Waals surface area contributed by atoms with Gasteiger partial charge in [-0.1, -0.05) is 62.8 Å². The van der Waals surface area contributed by atoms with Crippen molar-refractivity contribution < 1.29 is 9.32 Å². The number of fused-ring (bicyclic) bond motifs is 1. The Morgan fingerprint density at radius 1 is 1.10 bits per heavy atom. The smallest absolute Gasteiger partial charge is 0.282 e. The molecule has 0 N–H and O–H groups in total. The van der Waals surface area contributed by atoms with Crippen LogP contribution in [-0.2, 0) is 0 Å². The number of nitrogens with zero attached hydrogens (tertiary/aromatic N) is 4. The van der Waals surface area contributed by atoms with Crippen LogP contribution < -0.4 is 4.90 Å². The van der Waals surface area contributed by atoms with E-state index in [0.717, 1.165) is 33.2 Å². The SMILES string of the molecule is CN(C)CCCN(C(=O)c1cc(-c2ccccc2)on1)c1nc2ccc(Br)cc2s1.Cl. The average molecular weight is 522 g/mol. The number of carbonyl (C=O) groups is 1. The van der Waals surface area contributed by atoms with Gasteiger partial charge in [0.15, 0.2) is 16.6 Å². The molecule has 9 heteroatoms. The lowest BCUT2D eigenvalue weighted by Gasteiger charge is -2.19. The van der Waals surface area contributed by atoms with Crippen molar-refractivity contribution in [2.75, 3.05) is 32.1 Å². The fourth-order valence-electron chi connectivity index (χ4n) is 3.08. The van der Waals surface area contributed by atoms with Gasteiger partial charge in [0, 0.05) is 22.6 Å². The molecule has 0 aliphatic carbocycles. The van der Waals surface area contributed by atoms with Crippen LogP contribution in [0.4, 0.5) is 5.13 Å². The highest BCUT2D eigenvalue weighted by Crippen LogP contribution is 2.32. The molecule has 0 saturated heterocycles. The summed E-state index contributed by atoms with van der Waals surface area (Å²) >= 11 is 4.99. The Morgan fingerprint density at radius 2 is 1.87 bits per heavy atom. The largest absolute Gasteiger partial charge is 0.355 e. The molecule has 4 aromatic rings. The van der Waals surface area contributed by atoms with Crippen molar-refractivity contribution in [2.45, 2.75) is 6.42 Å². The molecule has 0 atom stereocenters. The van der Waals surface area contributed by atoms with Gasteiger partial charge >= 0.3 is 0 Å². The summed E-state index contributed by atoms with van der Waals surface area (Å²) in [5, 5.41) is 4.71. The van der Waals surface area contributed by atoms with Crippen molar-refractivity contribution in [3.8, 4) is 11.3 Å². The minimum atomic E-state index is -0.210. The van der Waals surface area contributed by atoms with E-state index in [1.54, 1.807) is 11.0 Å². The van der Waals surface area contributed by atoms with Gasteiger partial charge in [-0.15, -0.1) is 12.4 Å². The first kappa shape index (κ1) is 23.4. The standard InChI is InChI=1S/C22H21BrN4O2S.ClH/c1-26(2)11-6-12-27(22-24-17-10-9-16(23)13-20(17)30-22)21(28)18-14-19(29-25-18)15-7-4-3-5-8-15;/h3-5,7-10,13-14H,6,11-12H2,1-2H3;1H. The number of halogens is 2. The van der Waals surface area contributed by atoms with E-state index in [-0.39, 0.29) is 24.0 Å². The van der Waals surface area contributed by atoms with Gasteiger partial charge in [0.25, 0.3) is 5.91 Å². The Labute approximate surface area is 199 Å². The van der Waals surface area contributed by atoms with Gasteiger partial charge in [-0.05, 0) is 45.3 Å². The third-order valence-corrected chi connectivity index (χ3v) is 6.12. The molecule has 0 fully saturated rings. The molecule has 4 rings (SSSR count). The summed E-state index contributed by atoms with van der Waals surface area (Å²) in [6, 6.07) is 17.2. The van der Waals surface area contributed by atoms with Crippen LogP contribution >= 0.6 is 39.7 Å². The molecule has 0 spiro atoms. The molecule has 2 aromatic carbocycles. The second-order valence-electron chi connectivity index (χ2n) is 7.16. The number of amides is 1. The number of hydrogen-bond donors (Lipinski definition) is 0. The van der Waals surface area contributed by atoms with Crippen LogP contribution in [0.3, 0.4) is 0 Å². The maximum absolute atomic E-state index is 13.4. The molecule has 2 aromatic heterocycles. The summed E-state index contributed by atoms with van der Waals surface area (Å²) in [6.07, 6.45) is 0.821. The van der Waals surface area contributed by atoms with E-state index in [0.29, 0.717) is 17.4 Å². The quantitative estimate of drug-likeness (QED) is 0.311. The molecular weight excluding hydrogens is 500 g/mol. The Hall–Kier alpha value is -2.26. The fourth-order valence-corrected chi connectivity index (χ4v) is 4.63. The van der Waals surface area contributed by atoms with Gasteiger partial charge in [-0.2, -0.15) is 0 Å². The second-order valence-corrected chi connectivity index (χ2v) is 9.09. The first-order chi connectivity index (χ1) is 14.5. The highest BCUT2D eigenvalue weighted by molar-refractivity contribution is 9.10. The summed E-state index contributed by atoms with van der Waals surface area (Å²) in [7, 11) is 4.04. The molecule has 0 aliphatic heterocycles. The van der Waals surface area contributed by atoms with E-state index in [1.165, 1.54) is 11.3 Å². The Kier molecular flexibility index (Phi) is 7.83. The van der Waals surface area contributed by atoms with Gasteiger partial charge in [-0.25, -0.2) is 4.98 Å². The van der Waals surface area contributed by atoms with E-state index in [1.807, 2.05) is 62.6 Å². The molecule has 0 saturated carbocycles. The number of thiazole rings is 1. The minimum absolute atomic E-state index is 0. The Bertz CT molecular complexity index is 1160. The van der Waals surface area contributed by atoms with Crippen molar-refractivity contribution in [1.29, 1.82) is 0 Å². The van der Waals surface area contributed by atoms with Gasteiger partial charge < -0.3 is 9.42 Å². The topological polar surface area (TPSA) is 62.5 Å². The van der Waals surface area contributed by atoms with E-state index in [4.69, 9.17) is 9.51 Å². The molecule has 2 heterocycles. The summed E-state index contributed by atoms with van der Waals surface area (Å²) in [6.45, 7) is 1.42. The Morgan fingerprint density at radius 3 is 2.61 bits per heavy atom. The van der Waals surface area contributed by atoms with Crippen molar-refractivity contribution in [1.82, 2.24) is 15.0 Å². The van der Waals surface area contributed by atoms with Crippen LogP contribution in [0.5, 0.6) is 0 Å². The minimum Gasteiger partial charge on any atom is -0.355 e. The third kappa shape index (κ3) is 5.51. The lowest BCUT2D eigenvalue weighted by molar-refractivity contribution is 0.0977. The lowest BCUT2D eigenvalue weighted by Crippen LogP contribution is -2.33. The molecule has 0 unspecified atom stereocenters. The van der Waals surface area contributed by atoms with Crippen LogP contribution in [0.25, 0.3) is 21.5 Å². The van der Waals surface area contributed by atoms with Crippen molar-refractivity contribution in [3.63, 3.8) is 0 Å². The molecule has 6 nitrogen and oxygen atoms in total. The van der Waals surface area contributed by atoms with Gasteiger partial charge in [-0.3, -0.25) is 9.69 Å². The first-order valence-electron chi connectivity index (χ1n) is 9.56. The van der Waals surface area contributed by atoms with E-state index in [2.05, 4.69) is 26.0 Å². The highest BCUT2D eigenvalue weighted by atomic mass is 79.9. The van der Waals surface area contributed by atoms with Crippen LogP contribution in [0, 0.1) is 0 Å². The summed E-state index contributed by atoms with van der Waals surface area (Å²) < 4.78 is 7.46. The maximum atomic E-state index is 13.4. The summed E-state index contributed by atoms with van der Waals surface area (Å²) in [5.74, 6) is 0.359. The number of hydrogen-bond acceptors (Lipinski definition) is 6. The van der Waals surface area contributed by atoms with Crippen molar-refractivity contribution in [2.24, 2.45) is 0 Å². The number of anilines is 1. The zero-order valence-corrected chi connectivity index (χ0v) is 20.3. The molecule has 1 amide bonds. The maximum Gasteiger partial charge on any atom is 0.282 e. The molecular formula is C22H22BrClN4O2S. The average Bonchev–Trinajstić information content (AvgIpc) is 3.38. The van der Waals surface area contributed by atoms with Crippen LogP contribution in [0.2, 0.25) is 0 Å². The van der Waals surface area contributed by atoms with Crippen LogP contribution in [-0.4, -0.2) is 48.1 Å². The Balaban J connectivity index is 0.00000272. The first-order valence-corrected chi connectivity index (χ1v) is 11.2. The van der Waals surface area contributed by atoms with E-state index < -0.39 is 0 Å². The van der Waals surface area contributed by atoms with Crippen molar-refractivity contribution >= 4 is 60.9 Å². The third-order valence-electron chi connectivity index (χ3n) is 4.59. The van der Waals surface area contributed by atoms with Gasteiger partial charge in [0.2, 0.25) is 0 Å². The predicted molar refractivity (Wildman–Crippen MR) is 131 cm³/mol. The monoisotopic (exact) mass is 520 g/mol. The molecule has 0 radical (unpaired) electrons. The number of aromatic nitrogens is 2. The van der Waals surface area contributed by atoms with Gasteiger partial charge in [0.05, 0.1) is 10.2 Å². The van der Waals surface area contributed by atoms with E-state index >= 15 is 0 Å². The lowest BCUT2D eigenvalue weighted by atomic mass is 10.1. The van der Waals surface area contributed by atoms with Crippen LogP contribution in [0.15, 0.2) is 63.6 Å². The zero-order valence-electron chi connectivity index (χ0n) is 17.1.